The second-order valence-electron chi connectivity index (χ2n) is 7.31. The van der Waals surface area contributed by atoms with Crippen molar-refractivity contribution in [2.24, 2.45) is 5.92 Å². The highest BCUT2D eigenvalue weighted by Crippen LogP contribution is 2.47. The predicted molar refractivity (Wildman–Crippen MR) is 127 cm³/mol. The van der Waals surface area contributed by atoms with Crippen LogP contribution >= 0.6 is 23.2 Å². The highest BCUT2D eigenvalue weighted by molar-refractivity contribution is 6.34. The Bertz CT molecular complexity index is 1020. The summed E-state index contributed by atoms with van der Waals surface area (Å²) in [5.74, 6) is -1.05. The molecular weight excluding hydrogens is 429 g/mol. The summed E-state index contributed by atoms with van der Waals surface area (Å²) < 4.78 is 0. The van der Waals surface area contributed by atoms with Crippen molar-refractivity contribution in [2.45, 2.75) is 12.3 Å². The van der Waals surface area contributed by atoms with Gasteiger partial charge in [-0.2, -0.15) is 0 Å². The van der Waals surface area contributed by atoms with Gasteiger partial charge in [-0.15, -0.1) is 0 Å². The highest BCUT2D eigenvalue weighted by atomic mass is 35.5. The van der Waals surface area contributed by atoms with Crippen LogP contribution in [-0.2, 0) is 15.0 Å². The number of amides is 1. The smallest absolute Gasteiger partial charge is 0.243 e. The number of halogens is 2. The van der Waals surface area contributed by atoms with Gasteiger partial charge in [-0.3, -0.25) is 9.59 Å². The van der Waals surface area contributed by atoms with Crippen LogP contribution in [0.25, 0.3) is 0 Å². The minimum Gasteiger partial charge on any atom is -0.352 e. The molecule has 1 N–H and O–H groups in total. The molecule has 0 aromatic heterocycles. The minimum absolute atomic E-state index is 0.0758. The second-order valence-corrected chi connectivity index (χ2v) is 8.18. The molecule has 0 spiro atoms. The van der Waals surface area contributed by atoms with Crippen molar-refractivity contribution >= 4 is 34.9 Å². The van der Waals surface area contributed by atoms with Gasteiger partial charge in [0.05, 0.1) is 11.3 Å². The first-order chi connectivity index (χ1) is 14.9. The number of Topliss-reactive ketones (excluding diaryl/α,β-unsaturated/α-hetero) is 1. The quantitative estimate of drug-likeness (QED) is 0.345. The van der Waals surface area contributed by atoms with Crippen LogP contribution < -0.4 is 5.32 Å². The Morgan fingerprint density at radius 2 is 1.39 bits per heavy atom. The maximum absolute atomic E-state index is 13.1. The molecule has 158 valence electrons. The van der Waals surface area contributed by atoms with Crippen LogP contribution in [0.15, 0.2) is 91.5 Å². The Kier molecular flexibility index (Phi) is 7.32. The molecule has 0 aliphatic rings. The molecule has 1 unspecified atom stereocenters. The normalized spacial score (nSPS) is 12.1. The average Bonchev–Trinajstić information content (AvgIpc) is 2.76. The molecule has 0 bridgehead atoms. The van der Waals surface area contributed by atoms with Crippen LogP contribution in [0.5, 0.6) is 0 Å². The summed E-state index contributed by atoms with van der Waals surface area (Å²) in [7, 11) is 0. The number of hydrogen-bond donors (Lipinski definition) is 1. The Balaban J connectivity index is 2.40. The molecule has 3 rings (SSSR count). The maximum Gasteiger partial charge on any atom is 0.243 e. The van der Waals surface area contributed by atoms with E-state index in [1.807, 2.05) is 72.8 Å². The number of nitrogens with one attached hydrogen (secondary N) is 1. The number of hydrogen-bond acceptors (Lipinski definition) is 2. The SMILES string of the molecule is C=CC(=O)NCC(C(C)=O)C(c1ccccc1)(c1ccccc1)c1cc(Cl)cc(Cl)c1. The molecule has 0 aliphatic heterocycles. The zero-order valence-corrected chi connectivity index (χ0v) is 18.7. The average molecular weight is 452 g/mol. The zero-order chi connectivity index (χ0) is 22.4. The molecular formula is C26H23Cl2NO2. The molecule has 3 aromatic carbocycles. The molecule has 0 radical (unpaired) electrons. The van der Waals surface area contributed by atoms with Gasteiger partial charge in [-0.05, 0) is 47.9 Å². The fraction of sp³-hybridized carbons (Fsp3) is 0.154. The van der Waals surface area contributed by atoms with E-state index in [2.05, 4.69) is 11.9 Å². The highest BCUT2D eigenvalue weighted by Gasteiger charge is 2.46. The number of rotatable bonds is 8. The van der Waals surface area contributed by atoms with Crippen molar-refractivity contribution in [3.63, 3.8) is 0 Å². The van der Waals surface area contributed by atoms with Crippen LogP contribution in [0.2, 0.25) is 10.0 Å². The Morgan fingerprint density at radius 1 is 0.903 bits per heavy atom. The van der Waals surface area contributed by atoms with Gasteiger partial charge in [0.2, 0.25) is 5.91 Å². The largest absolute Gasteiger partial charge is 0.352 e. The van der Waals surface area contributed by atoms with Crippen LogP contribution in [0.3, 0.4) is 0 Å². The number of ketones is 1. The van der Waals surface area contributed by atoms with Gasteiger partial charge >= 0.3 is 0 Å². The maximum atomic E-state index is 13.1. The number of benzene rings is 3. The Morgan fingerprint density at radius 3 is 1.81 bits per heavy atom. The zero-order valence-electron chi connectivity index (χ0n) is 17.1. The molecule has 0 heterocycles. The molecule has 3 aromatic rings. The summed E-state index contributed by atoms with van der Waals surface area (Å²) in [4.78, 5) is 25.1. The summed E-state index contributed by atoms with van der Waals surface area (Å²) in [5, 5.41) is 3.75. The lowest BCUT2D eigenvalue weighted by Gasteiger charge is -2.42. The molecule has 0 saturated carbocycles. The third kappa shape index (κ3) is 4.73. The second kappa shape index (κ2) is 9.95. The van der Waals surface area contributed by atoms with Crippen molar-refractivity contribution in [1.82, 2.24) is 5.32 Å². The first-order valence-electron chi connectivity index (χ1n) is 9.88. The van der Waals surface area contributed by atoms with Crippen molar-refractivity contribution in [2.75, 3.05) is 6.54 Å². The van der Waals surface area contributed by atoms with Gasteiger partial charge in [0.25, 0.3) is 0 Å². The molecule has 31 heavy (non-hydrogen) atoms. The van der Waals surface area contributed by atoms with Crippen LogP contribution in [0.1, 0.15) is 23.6 Å². The monoisotopic (exact) mass is 451 g/mol. The number of carbonyl (C=O) groups excluding carboxylic acids is 2. The predicted octanol–water partition coefficient (Wildman–Crippen LogP) is 5.84. The van der Waals surface area contributed by atoms with E-state index in [9.17, 15) is 9.59 Å². The van der Waals surface area contributed by atoms with Crippen molar-refractivity contribution in [1.29, 1.82) is 0 Å². The summed E-state index contributed by atoms with van der Waals surface area (Å²) in [5.41, 5.74) is 1.63. The molecule has 5 heteroatoms. The van der Waals surface area contributed by atoms with E-state index in [0.29, 0.717) is 10.0 Å². The van der Waals surface area contributed by atoms with E-state index in [0.717, 1.165) is 16.7 Å². The Hall–Kier alpha value is -2.88. The molecule has 0 saturated heterocycles. The summed E-state index contributed by atoms with van der Waals surface area (Å²) in [6.07, 6.45) is 1.19. The summed E-state index contributed by atoms with van der Waals surface area (Å²) >= 11 is 12.8. The minimum atomic E-state index is -0.933. The van der Waals surface area contributed by atoms with Crippen LogP contribution in [-0.4, -0.2) is 18.2 Å². The van der Waals surface area contributed by atoms with Gasteiger partial charge < -0.3 is 5.32 Å². The fourth-order valence-corrected chi connectivity index (χ4v) is 4.69. The molecule has 0 fully saturated rings. The standard InChI is InChI=1S/C26H23Cl2NO2/c1-3-25(31)29-17-24(18(2)30)26(19-10-6-4-7-11-19,20-12-8-5-9-13-20)21-14-22(27)16-23(28)15-21/h3-16,24H,1,17H2,2H3,(H,29,31). The van der Waals surface area contributed by atoms with Crippen molar-refractivity contribution in [3.8, 4) is 0 Å². The van der Waals surface area contributed by atoms with E-state index in [1.165, 1.54) is 13.0 Å². The van der Waals surface area contributed by atoms with Gasteiger partial charge in [-0.25, -0.2) is 0 Å². The first kappa shape index (κ1) is 22.8. The van der Waals surface area contributed by atoms with Crippen LogP contribution in [0, 0.1) is 5.92 Å². The van der Waals surface area contributed by atoms with Gasteiger partial charge in [-0.1, -0.05) is 90.4 Å². The van der Waals surface area contributed by atoms with Gasteiger partial charge in [0.1, 0.15) is 5.78 Å². The topological polar surface area (TPSA) is 46.2 Å². The lowest BCUT2D eigenvalue weighted by atomic mass is 9.60. The van der Waals surface area contributed by atoms with E-state index in [4.69, 9.17) is 23.2 Å². The van der Waals surface area contributed by atoms with Crippen molar-refractivity contribution in [3.05, 3.63) is 118 Å². The third-order valence-electron chi connectivity index (χ3n) is 5.46. The summed E-state index contributed by atoms with van der Waals surface area (Å²) in [6.45, 7) is 5.17. The lowest BCUT2D eigenvalue weighted by molar-refractivity contribution is -0.122. The third-order valence-corrected chi connectivity index (χ3v) is 5.89. The summed E-state index contributed by atoms with van der Waals surface area (Å²) in [6, 6.07) is 24.8. The molecule has 3 nitrogen and oxygen atoms in total. The van der Waals surface area contributed by atoms with Gasteiger partial charge in [0.15, 0.2) is 0 Å². The lowest BCUT2D eigenvalue weighted by Crippen LogP contribution is -2.47. The van der Waals surface area contributed by atoms with E-state index in [-0.39, 0.29) is 18.2 Å². The Labute approximate surface area is 192 Å². The first-order valence-corrected chi connectivity index (χ1v) is 10.6. The molecule has 0 aliphatic carbocycles. The van der Waals surface area contributed by atoms with Gasteiger partial charge in [0, 0.05) is 16.6 Å². The van der Waals surface area contributed by atoms with Crippen LogP contribution in [0.4, 0.5) is 0 Å². The number of carbonyl (C=O) groups is 2. The fourth-order valence-electron chi connectivity index (χ4n) is 4.16. The van der Waals surface area contributed by atoms with E-state index < -0.39 is 11.3 Å². The van der Waals surface area contributed by atoms with Crippen molar-refractivity contribution < 1.29 is 9.59 Å². The van der Waals surface area contributed by atoms with E-state index >= 15 is 0 Å². The van der Waals surface area contributed by atoms with E-state index in [1.54, 1.807) is 6.07 Å². The molecule has 1 atom stereocenters. The molecule has 1 amide bonds.